The summed E-state index contributed by atoms with van der Waals surface area (Å²) in [7, 11) is 0. The van der Waals surface area contributed by atoms with Crippen LogP contribution in [0, 0.1) is 0 Å². The minimum absolute atomic E-state index is 0. The maximum atomic E-state index is 2.24. The van der Waals surface area contributed by atoms with Gasteiger partial charge in [0, 0.05) is 25.8 Å². The second-order valence-electron chi connectivity index (χ2n) is 4.68. The Bertz CT molecular complexity index is 621. The van der Waals surface area contributed by atoms with Gasteiger partial charge in [0.15, 0.2) is 0 Å². The molecule has 2 aromatic carbocycles. The predicted molar refractivity (Wildman–Crippen MR) is 78.2 cm³/mol. The Hall–Kier alpha value is -1.21. The SMILES string of the molecule is CC1=C(c2ccccc2-c2ccccc2)CC=C1.[Hf]. The van der Waals surface area contributed by atoms with E-state index in [1.165, 1.54) is 27.8 Å². The van der Waals surface area contributed by atoms with E-state index in [0.717, 1.165) is 6.42 Å². The standard InChI is InChI=1S/C18H16.Hf/c1-14-8-7-13-16(14)18-12-6-5-11-17(18)15-9-3-2-4-10-15;/h2-12H,13H2,1H3;. The van der Waals surface area contributed by atoms with Gasteiger partial charge in [0.05, 0.1) is 0 Å². The molecule has 0 radical (unpaired) electrons. The van der Waals surface area contributed by atoms with Crippen LogP contribution in [0.25, 0.3) is 16.7 Å². The summed E-state index contributed by atoms with van der Waals surface area (Å²) in [6.07, 6.45) is 5.51. The molecule has 1 heteroatoms. The molecule has 0 aromatic heterocycles. The molecule has 0 heterocycles. The number of benzene rings is 2. The van der Waals surface area contributed by atoms with Crippen LogP contribution in [0.15, 0.2) is 72.3 Å². The number of allylic oxidation sites excluding steroid dienone is 4. The predicted octanol–water partition coefficient (Wildman–Crippen LogP) is 5.08. The van der Waals surface area contributed by atoms with Gasteiger partial charge in [-0.25, -0.2) is 0 Å². The summed E-state index contributed by atoms with van der Waals surface area (Å²) in [5, 5.41) is 0. The molecule has 0 nitrogen and oxygen atoms in total. The van der Waals surface area contributed by atoms with E-state index >= 15 is 0 Å². The molecule has 0 amide bonds. The minimum atomic E-state index is 0. The molecule has 0 fully saturated rings. The van der Waals surface area contributed by atoms with Crippen LogP contribution in [0.4, 0.5) is 0 Å². The van der Waals surface area contributed by atoms with Crippen molar-refractivity contribution in [2.24, 2.45) is 0 Å². The van der Waals surface area contributed by atoms with Gasteiger partial charge in [-0.3, -0.25) is 0 Å². The van der Waals surface area contributed by atoms with Crippen molar-refractivity contribution in [3.63, 3.8) is 0 Å². The third-order valence-electron chi connectivity index (χ3n) is 3.50. The van der Waals surface area contributed by atoms with E-state index in [-0.39, 0.29) is 25.8 Å². The van der Waals surface area contributed by atoms with Gasteiger partial charge in [0.1, 0.15) is 0 Å². The van der Waals surface area contributed by atoms with Gasteiger partial charge in [-0.1, -0.05) is 66.7 Å². The summed E-state index contributed by atoms with van der Waals surface area (Å²) >= 11 is 0. The summed E-state index contributed by atoms with van der Waals surface area (Å²) < 4.78 is 0. The Balaban J connectivity index is 0.00000133. The van der Waals surface area contributed by atoms with Gasteiger partial charge >= 0.3 is 0 Å². The zero-order chi connectivity index (χ0) is 12.4. The summed E-state index contributed by atoms with van der Waals surface area (Å²) in [5.41, 5.74) is 6.83. The van der Waals surface area contributed by atoms with E-state index in [1.54, 1.807) is 0 Å². The van der Waals surface area contributed by atoms with Gasteiger partial charge in [-0.05, 0) is 41.2 Å². The van der Waals surface area contributed by atoms with Gasteiger partial charge in [-0.2, -0.15) is 0 Å². The molecular formula is C18H16Hf. The molecule has 0 N–H and O–H groups in total. The Kier molecular flexibility index (Phi) is 4.71. The third kappa shape index (κ3) is 2.87. The van der Waals surface area contributed by atoms with Crippen molar-refractivity contribution in [2.45, 2.75) is 13.3 Å². The molecule has 19 heavy (non-hydrogen) atoms. The average molecular weight is 411 g/mol. The first kappa shape index (κ1) is 14.2. The molecule has 1 aliphatic carbocycles. The number of rotatable bonds is 2. The first-order valence-electron chi connectivity index (χ1n) is 6.37. The van der Waals surface area contributed by atoms with Crippen molar-refractivity contribution in [3.8, 4) is 11.1 Å². The van der Waals surface area contributed by atoms with Gasteiger partial charge < -0.3 is 0 Å². The monoisotopic (exact) mass is 412 g/mol. The molecule has 1 aliphatic rings. The molecule has 2 aromatic rings. The molecular weight excluding hydrogens is 395 g/mol. The fourth-order valence-electron chi connectivity index (χ4n) is 2.55. The normalized spacial score (nSPS) is 13.5. The van der Waals surface area contributed by atoms with Crippen LogP contribution in [-0.2, 0) is 25.8 Å². The van der Waals surface area contributed by atoms with E-state index < -0.39 is 0 Å². The van der Waals surface area contributed by atoms with Crippen LogP contribution in [-0.4, -0.2) is 0 Å². The first-order chi connectivity index (χ1) is 8.86. The zero-order valence-corrected chi connectivity index (χ0v) is 14.7. The molecule has 0 bridgehead atoms. The van der Waals surface area contributed by atoms with Crippen LogP contribution in [0.3, 0.4) is 0 Å². The smallest absolute Gasteiger partial charge is 0 e. The van der Waals surface area contributed by atoms with E-state index in [4.69, 9.17) is 0 Å². The molecule has 0 spiro atoms. The van der Waals surface area contributed by atoms with Gasteiger partial charge in [-0.15, -0.1) is 0 Å². The topological polar surface area (TPSA) is 0 Å². The molecule has 3 rings (SSSR count). The Morgan fingerprint density at radius 2 is 1.42 bits per heavy atom. The summed E-state index contributed by atoms with van der Waals surface area (Å²) in [4.78, 5) is 0. The summed E-state index contributed by atoms with van der Waals surface area (Å²) in [6, 6.07) is 19.3. The largest absolute Gasteiger partial charge is 0.0798 e. The van der Waals surface area contributed by atoms with Crippen LogP contribution in [0.2, 0.25) is 0 Å². The van der Waals surface area contributed by atoms with E-state index in [2.05, 4.69) is 73.7 Å². The van der Waals surface area contributed by atoms with Crippen molar-refractivity contribution in [3.05, 3.63) is 77.9 Å². The summed E-state index contributed by atoms with van der Waals surface area (Å²) in [5.74, 6) is 0. The molecule has 0 saturated heterocycles. The van der Waals surface area contributed by atoms with Crippen molar-refractivity contribution < 1.29 is 25.8 Å². The van der Waals surface area contributed by atoms with Crippen LogP contribution in [0.5, 0.6) is 0 Å². The van der Waals surface area contributed by atoms with Crippen LogP contribution in [0.1, 0.15) is 18.9 Å². The Morgan fingerprint density at radius 1 is 0.789 bits per heavy atom. The molecule has 0 atom stereocenters. The first-order valence-corrected chi connectivity index (χ1v) is 6.37. The van der Waals surface area contributed by atoms with Crippen molar-refractivity contribution in [2.75, 3.05) is 0 Å². The van der Waals surface area contributed by atoms with Crippen LogP contribution < -0.4 is 0 Å². The quantitative estimate of drug-likeness (QED) is 0.605. The van der Waals surface area contributed by atoms with E-state index in [1.807, 2.05) is 0 Å². The third-order valence-corrected chi connectivity index (χ3v) is 3.50. The second kappa shape index (κ2) is 6.29. The molecule has 92 valence electrons. The Morgan fingerprint density at radius 3 is 2.05 bits per heavy atom. The van der Waals surface area contributed by atoms with Crippen LogP contribution >= 0.6 is 0 Å². The van der Waals surface area contributed by atoms with Crippen molar-refractivity contribution in [1.82, 2.24) is 0 Å². The molecule has 0 saturated carbocycles. The van der Waals surface area contributed by atoms with Gasteiger partial charge in [0.2, 0.25) is 0 Å². The summed E-state index contributed by atoms with van der Waals surface area (Å²) in [6.45, 7) is 2.20. The fourth-order valence-corrected chi connectivity index (χ4v) is 2.55. The maximum absolute atomic E-state index is 2.24. The van der Waals surface area contributed by atoms with E-state index in [0.29, 0.717) is 0 Å². The molecule has 0 unspecified atom stereocenters. The van der Waals surface area contributed by atoms with Gasteiger partial charge in [0.25, 0.3) is 0 Å². The van der Waals surface area contributed by atoms with E-state index in [9.17, 15) is 0 Å². The number of hydrogen-bond acceptors (Lipinski definition) is 0. The maximum Gasteiger partial charge on any atom is 0 e. The molecule has 0 aliphatic heterocycles. The average Bonchev–Trinajstić information content (AvgIpc) is 2.86. The zero-order valence-electron chi connectivity index (χ0n) is 11.1. The van der Waals surface area contributed by atoms with Crippen molar-refractivity contribution >= 4 is 5.57 Å². The fraction of sp³-hybridized carbons (Fsp3) is 0.111. The minimum Gasteiger partial charge on any atom is -0.0798 e. The second-order valence-corrected chi connectivity index (χ2v) is 4.68. The Labute approximate surface area is 133 Å². The number of hydrogen-bond donors (Lipinski definition) is 0. The van der Waals surface area contributed by atoms with Crippen molar-refractivity contribution in [1.29, 1.82) is 0 Å².